The molecule has 2 N–H and O–H groups in total. The van der Waals surface area contributed by atoms with Gasteiger partial charge in [0.1, 0.15) is 0 Å². The second-order valence-corrected chi connectivity index (χ2v) is 4.38. The molecule has 0 amide bonds. The van der Waals surface area contributed by atoms with E-state index in [1.807, 2.05) is 24.3 Å². The molecule has 1 unspecified atom stereocenters. The molecule has 1 nitrogen and oxygen atoms in total. The standard InChI is InChI=1S/C10H14ClNS/c1-2-8(12)7-13-10-6-4-3-5-9(10)11/h3-6,8H,2,7,12H2,1H3. The summed E-state index contributed by atoms with van der Waals surface area (Å²) in [6.07, 6.45) is 1.01. The second-order valence-electron chi connectivity index (χ2n) is 2.91. The van der Waals surface area contributed by atoms with Gasteiger partial charge in [-0.15, -0.1) is 11.8 Å². The Kier molecular flexibility index (Phi) is 4.64. The number of nitrogens with two attached hydrogens (primary N) is 1. The average Bonchev–Trinajstić information content (AvgIpc) is 2.16. The summed E-state index contributed by atoms with van der Waals surface area (Å²) in [5.41, 5.74) is 5.81. The molecule has 1 rings (SSSR count). The Balaban J connectivity index is 2.50. The molecule has 13 heavy (non-hydrogen) atoms. The largest absolute Gasteiger partial charge is 0.327 e. The molecule has 0 heterocycles. The predicted molar refractivity (Wildman–Crippen MR) is 60.4 cm³/mol. The Bertz CT molecular complexity index is 265. The maximum Gasteiger partial charge on any atom is 0.0541 e. The molecule has 72 valence electrons. The van der Waals surface area contributed by atoms with Crippen molar-refractivity contribution in [3.05, 3.63) is 29.3 Å². The molecule has 0 aliphatic heterocycles. The monoisotopic (exact) mass is 215 g/mol. The lowest BCUT2D eigenvalue weighted by Gasteiger charge is -2.08. The van der Waals surface area contributed by atoms with Crippen LogP contribution in [0.3, 0.4) is 0 Å². The van der Waals surface area contributed by atoms with E-state index < -0.39 is 0 Å². The Morgan fingerprint density at radius 2 is 2.15 bits per heavy atom. The highest BCUT2D eigenvalue weighted by Crippen LogP contribution is 2.26. The van der Waals surface area contributed by atoms with Gasteiger partial charge in [0.15, 0.2) is 0 Å². The predicted octanol–water partition coefficient (Wildman–Crippen LogP) is 3.17. The van der Waals surface area contributed by atoms with Gasteiger partial charge in [0, 0.05) is 16.7 Å². The summed E-state index contributed by atoms with van der Waals surface area (Å²) in [5.74, 6) is 0.931. The zero-order chi connectivity index (χ0) is 9.68. The van der Waals surface area contributed by atoms with Gasteiger partial charge in [0.05, 0.1) is 5.02 Å². The van der Waals surface area contributed by atoms with Crippen LogP contribution in [0.5, 0.6) is 0 Å². The van der Waals surface area contributed by atoms with Gasteiger partial charge in [-0.2, -0.15) is 0 Å². The van der Waals surface area contributed by atoms with Crippen molar-refractivity contribution in [3.63, 3.8) is 0 Å². The summed E-state index contributed by atoms with van der Waals surface area (Å²) in [6, 6.07) is 8.12. The van der Waals surface area contributed by atoms with Crippen LogP contribution < -0.4 is 5.73 Å². The molecular weight excluding hydrogens is 202 g/mol. The molecule has 0 radical (unpaired) electrons. The first-order chi connectivity index (χ1) is 6.24. The number of halogens is 1. The lowest BCUT2D eigenvalue weighted by Crippen LogP contribution is -2.21. The molecule has 0 aromatic heterocycles. The maximum absolute atomic E-state index is 5.99. The molecule has 0 saturated carbocycles. The van der Waals surface area contributed by atoms with Crippen molar-refractivity contribution in [3.8, 4) is 0 Å². The highest BCUT2D eigenvalue weighted by Gasteiger charge is 2.02. The number of hydrogen-bond acceptors (Lipinski definition) is 2. The van der Waals surface area contributed by atoms with Crippen molar-refractivity contribution in [1.82, 2.24) is 0 Å². The van der Waals surface area contributed by atoms with Crippen LogP contribution in [0.1, 0.15) is 13.3 Å². The maximum atomic E-state index is 5.99. The third kappa shape index (κ3) is 3.59. The van der Waals surface area contributed by atoms with Crippen LogP contribution in [0.4, 0.5) is 0 Å². The molecule has 3 heteroatoms. The van der Waals surface area contributed by atoms with Gasteiger partial charge >= 0.3 is 0 Å². The van der Waals surface area contributed by atoms with Gasteiger partial charge in [-0.25, -0.2) is 0 Å². The molecular formula is C10H14ClNS. The fourth-order valence-corrected chi connectivity index (χ4v) is 2.19. The van der Waals surface area contributed by atoms with E-state index in [4.69, 9.17) is 17.3 Å². The molecule has 0 bridgehead atoms. The zero-order valence-electron chi connectivity index (χ0n) is 7.66. The number of rotatable bonds is 4. The molecule has 0 aliphatic carbocycles. The quantitative estimate of drug-likeness (QED) is 0.781. The average molecular weight is 216 g/mol. The molecule has 1 aromatic rings. The van der Waals surface area contributed by atoms with E-state index in [0.717, 1.165) is 22.1 Å². The first-order valence-corrected chi connectivity index (χ1v) is 5.73. The lowest BCUT2D eigenvalue weighted by atomic mass is 10.3. The van der Waals surface area contributed by atoms with Crippen LogP contribution in [-0.4, -0.2) is 11.8 Å². The third-order valence-electron chi connectivity index (χ3n) is 1.81. The van der Waals surface area contributed by atoms with Crippen molar-refractivity contribution in [1.29, 1.82) is 0 Å². The van der Waals surface area contributed by atoms with Gasteiger partial charge < -0.3 is 5.73 Å². The highest BCUT2D eigenvalue weighted by molar-refractivity contribution is 7.99. The smallest absolute Gasteiger partial charge is 0.0541 e. The zero-order valence-corrected chi connectivity index (χ0v) is 9.24. The van der Waals surface area contributed by atoms with E-state index in [1.54, 1.807) is 11.8 Å². The van der Waals surface area contributed by atoms with Crippen LogP contribution in [0.15, 0.2) is 29.2 Å². The number of thioether (sulfide) groups is 1. The summed E-state index contributed by atoms with van der Waals surface area (Å²) in [6.45, 7) is 2.10. The number of hydrogen-bond donors (Lipinski definition) is 1. The third-order valence-corrected chi connectivity index (χ3v) is 3.52. The van der Waals surface area contributed by atoms with E-state index in [2.05, 4.69) is 6.92 Å². The van der Waals surface area contributed by atoms with Crippen molar-refractivity contribution >= 4 is 23.4 Å². The topological polar surface area (TPSA) is 26.0 Å². The SMILES string of the molecule is CCC(N)CSc1ccccc1Cl. The van der Waals surface area contributed by atoms with E-state index in [9.17, 15) is 0 Å². The fraction of sp³-hybridized carbons (Fsp3) is 0.400. The van der Waals surface area contributed by atoms with E-state index in [1.165, 1.54) is 0 Å². The second kappa shape index (κ2) is 5.53. The Morgan fingerprint density at radius 3 is 2.77 bits per heavy atom. The minimum absolute atomic E-state index is 0.265. The number of benzene rings is 1. The fourth-order valence-electron chi connectivity index (χ4n) is 0.876. The van der Waals surface area contributed by atoms with Crippen molar-refractivity contribution < 1.29 is 0 Å². The van der Waals surface area contributed by atoms with E-state index in [0.29, 0.717) is 0 Å². The minimum atomic E-state index is 0.265. The van der Waals surface area contributed by atoms with Crippen molar-refractivity contribution in [2.75, 3.05) is 5.75 Å². The van der Waals surface area contributed by atoms with Crippen LogP contribution in [0, 0.1) is 0 Å². The van der Waals surface area contributed by atoms with Crippen LogP contribution in [0.2, 0.25) is 5.02 Å². The summed E-state index contributed by atoms with van der Waals surface area (Å²) >= 11 is 7.71. The first-order valence-electron chi connectivity index (χ1n) is 4.37. The van der Waals surface area contributed by atoms with Gasteiger partial charge in [0.2, 0.25) is 0 Å². The Labute approximate surface area is 88.7 Å². The molecule has 1 atom stereocenters. The van der Waals surface area contributed by atoms with Gasteiger partial charge in [-0.05, 0) is 18.6 Å². The van der Waals surface area contributed by atoms with Crippen molar-refractivity contribution in [2.24, 2.45) is 5.73 Å². The Hall–Kier alpha value is -0.180. The van der Waals surface area contributed by atoms with Gasteiger partial charge in [0.25, 0.3) is 0 Å². The van der Waals surface area contributed by atoms with Crippen LogP contribution >= 0.6 is 23.4 Å². The molecule has 0 spiro atoms. The van der Waals surface area contributed by atoms with Crippen molar-refractivity contribution in [2.45, 2.75) is 24.3 Å². The Morgan fingerprint density at radius 1 is 1.46 bits per heavy atom. The summed E-state index contributed by atoms with van der Waals surface area (Å²) in [4.78, 5) is 1.12. The van der Waals surface area contributed by atoms with Crippen LogP contribution in [0.25, 0.3) is 0 Å². The highest BCUT2D eigenvalue weighted by atomic mass is 35.5. The van der Waals surface area contributed by atoms with Crippen LogP contribution in [-0.2, 0) is 0 Å². The van der Waals surface area contributed by atoms with Gasteiger partial charge in [-0.1, -0.05) is 30.7 Å². The molecule has 0 aliphatic rings. The van der Waals surface area contributed by atoms with E-state index >= 15 is 0 Å². The minimum Gasteiger partial charge on any atom is -0.327 e. The lowest BCUT2D eigenvalue weighted by molar-refractivity contribution is 0.725. The summed E-state index contributed by atoms with van der Waals surface area (Å²) < 4.78 is 0. The molecule has 0 fully saturated rings. The molecule has 0 saturated heterocycles. The first kappa shape index (κ1) is 10.9. The van der Waals surface area contributed by atoms with Gasteiger partial charge in [-0.3, -0.25) is 0 Å². The van der Waals surface area contributed by atoms with E-state index in [-0.39, 0.29) is 6.04 Å². The normalized spacial score (nSPS) is 12.8. The summed E-state index contributed by atoms with van der Waals surface area (Å²) in [7, 11) is 0. The summed E-state index contributed by atoms with van der Waals surface area (Å²) in [5, 5.41) is 0.816. The molecule has 1 aromatic carbocycles.